The highest BCUT2D eigenvalue weighted by Gasteiger charge is 2.80. The smallest absolute Gasteiger partial charge is 0.380 e. The second kappa shape index (κ2) is 8.17. The average Bonchev–Trinajstić information content (AvgIpc) is 3.33. The van der Waals surface area contributed by atoms with Crippen LogP contribution in [0.25, 0.3) is 28.1 Å². The van der Waals surface area contributed by atoms with Gasteiger partial charge in [-0.2, -0.15) is 36.9 Å². The molecular weight excluding hydrogens is 504 g/mol. The molecule has 0 saturated carbocycles. The normalized spacial score (nSPS) is 17.7. The van der Waals surface area contributed by atoms with Crippen molar-refractivity contribution >= 4 is 39.5 Å². The zero-order valence-corrected chi connectivity index (χ0v) is 20.1. The van der Waals surface area contributed by atoms with Gasteiger partial charge in [0.2, 0.25) is 0 Å². The summed E-state index contributed by atoms with van der Waals surface area (Å²) >= 11 is 0.817. The van der Waals surface area contributed by atoms with Gasteiger partial charge in [-0.3, -0.25) is 0 Å². The molecule has 0 unspecified atom stereocenters. The molecule has 0 N–H and O–H groups in total. The summed E-state index contributed by atoms with van der Waals surface area (Å²) in [5.74, 6) is -15.9. The summed E-state index contributed by atoms with van der Waals surface area (Å²) in [7, 11) is 2.84. The fraction of sp³-hybridized carbons (Fsp3) is 0.280. The SMILES string of the molecule is COc1ccc2c(c1)c(C1=C(c3cc(C=C(C#N)C#N)sc3C)C(F)(F)C(F)(F)C1(F)F)c(C)n2C. The fourth-order valence-electron chi connectivity index (χ4n) is 4.46. The largest absolute Gasteiger partial charge is 0.497 e. The van der Waals surface area contributed by atoms with Gasteiger partial charge in [-0.1, -0.05) is 0 Å². The molecule has 1 aliphatic rings. The zero-order valence-electron chi connectivity index (χ0n) is 19.3. The molecule has 1 aliphatic carbocycles. The molecule has 0 aliphatic heterocycles. The van der Waals surface area contributed by atoms with E-state index in [1.165, 1.54) is 44.7 Å². The van der Waals surface area contributed by atoms with Gasteiger partial charge < -0.3 is 9.30 Å². The van der Waals surface area contributed by atoms with E-state index in [0.717, 1.165) is 23.5 Å². The molecule has 4 nitrogen and oxygen atoms in total. The van der Waals surface area contributed by atoms with Crippen molar-refractivity contribution in [1.82, 2.24) is 4.57 Å². The number of rotatable bonds is 4. The number of hydrogen-bond donors (Lipinski definition) is 0. The van der Waals surface area contributed by atoms with Crippen LogP contribution in [-0.2, 0) is 7.05 Å². The first-order valence-corrected chi connectivity index (χ1v) is 11.2. The highest BCUT2D eigenvalue weighted by molar-refractivity contribution is 7.13. The Labute approximate surface area is 205 Å². The Morgan fingerprint density at radius 3 is 2.19 bits per heavy atom. The summed E-state index contributed by atoms with van der Waals surface area (Å²) in [6.07, 6.45) is 1.08. The van der Waals surface area contributed by atoms with Crippen LogP contribution in [0.5, 0.6) is 5.75 Å². The Kier molecular flexibility index (Phi) is 5.76. The number of hydrogen-bond acceptors (Lipinski definition) is 4. The summed E-state index contributed by atoms with van der Waals surface area (Å²) < 4.78 is 97.8. The number of halogens is 6. The van der Waals surface area contributed by atoms with Gasteiger partial charge in [0.1, 0.15) is 23.5 Å². The second-order valence-corrected chi connectivity index (χ2v) is 9.56. The van der Waals surface area contributed by atoms with Gasteiger partial charge in [-0.05, 0) is 49.8 Å². The van der Waals surface area contributed by atoms with Crippen LogP contribution in [0.2, 0.25) is 0 Å². The molecule has 1 aromatic carbocycles. The predicted molar refractivity (Wildman–Crippen MR) is 124 cm³/mol. The summed E-state index contributed by atoms with van der Waals surface area (Å²) in [5, 5.41) is 18.0. The summed E-state index contributed by atoms with van der Waals surface area (Å²) in [6, 6.07) is 8.65. The number of methoxy groups -OCH3 is 1. The molecule has 0 fully saturated rings. The van der Waals surface area contributed by atoms with Crippen LogP contribution in [-0.4, -0.2) is 29.4 Å². The van der Waals surface area contributed by atoms with Gasteiger partial charge >= 0.3 is 17.8 Å². The maximum Gasteiger partial charge on any atom is 0.380 e. The number of nitrogens with zero attached hydrogens (tertiary/aromatic N) is 3. The van der Waals surface area contributed by atoms with Crippen molar-refractivity contribution in [3.8, 4) is 17.9 Å². The molecule has 0 amide bonds. The number of benzene rings is 1. The minimum Gasteiger partial charge on any atom is -0.497 e. The third kappa shape index (κ3) is 3.26. The lowest BCUT2D eigenvalue weighted by Crippen LogP contribution is -2.49. The first-order chi connectivity index (χ1) is 16.7. The molecule has 186 valence electrons. The molecular formula is C25H17F6N3OS. The van der Waals surface area contributed by atoms with E-state index >= 15 is 17.6 Å². The Morgan fingerprint density at radius 2 is 1.61 bits per heavy atom. The average molecular weight is 521 g/mol. The van der Waals surface area contributed by atoms with Crippen LogP contribution in [0.4, 0.5) is 26.3 Å². The van der Waals surface area contributed by atoms with E-state index < -0.39 is 40.0 Å². The van der Waals surface area contributed by atoms with Gasteiger partial charge in [0.15, 0.2) is 0 Å². The molecule has 2 heterocycles. The molecule has 3 aromatic rings. The van der Waals surface area contributed by atoms with Gasteiger partial charge in [0.25, 0.3) is 0 Å². The van der Waals surface area contributed by atoms with Crippen molar-refractivity contribution in [2.75, 3.05) is 7.11 Å². The Bertz CT molecular complexity index is 1550. The number of ether oxygens (including phenoxy) is 1. The van der Waals surface area contributed by atoms with Gasteiger partial charge in [-0.15, -0.1) is 11.3 Å². The number of thiophene rings is 1. The van der Waals surface area contributed by atoms with Crippen LogP contribution in [0.1, 0.15) is 26.6 Å². The lowest BCUT2D eigenvalue weighted by Gasteiger charge is -2.26. The zero-order chi connectivity index (χ0) is 26.8. The number of fused-ring (bicyclic) bond motifs is 1. The van der Waals surface area contributed by atoms with Crippen LogP contribution >= 0.6 is 11.3 Å². The molecule has 36 heavy (non-hydrogen) atoms. The van der Waals surface area contributed by atoms with Crippen molar-refractivity contribution in [3.63, 3.8) is 0 Å². The van der Waals surface area contributed by atoms with Crippen LogP contribution < -0.4 is 4.74 Å². The summed E-state index contributed by atoms with van der Waals surface area (Å²) in [5.41, 5.74) is -3.79. The van der Waals surface area contributed by atoms with Crippen LogP contribution in [0, 0.1) is 36.5 Å². The van der Waals surface area contributed by atoms with Crippen LogP contribution in [0.15, 0.2) is 29.8 Å². The quantitative estimate of drug-likeness (QED) is 0.271. The maximum atomic E-state index is 15.4. The van der Waals surface area contributed by atoms with Gasteiger partial charge in [-0.25, -0.2) is 0 Å². The standard InChI is InChI=1S/C25H17F6N3OS/c1-12-20(18-8-15(35-4)5-6-19(18)34(12)3)22-21(23(26,27)25(30,31)24(22,28)29)17-9-16(36-13(17)2)7-14(10-32)11-33/h5-9H,1-4H3. The van der Waals surface area contributed by atoms with Crippen molar-refractivity contribution in [2.45, 2.75) is 31.6 Å². The molecule has 0 radical (unpaired) electrons. The van der Waals surface area contributed by atoms with Crippen molar-refractivity contribution < 1.29 is 31.1 Å². The van der Waals surface area contributed by atoms with E-state index in [9.17, 15) is 8.78 Å². The highest BCUT2D eigenvalue weighted by atomic mass is 32.1. The molecule has 4 rings (SSSR count). The van der Waals surface area contributed by atoms with Crippen LogP contribution in [0.3, 0.4) is 0 Å². The summed E-state index contributed by atoms with van der Waals surface area (Å²) in [6.45, 7) is 2.71. The van der Waals surface area contributed by atoms with Gasteiger partial charge in [0, 0.05) is 50.1 Å². The second-order valence-electron chi connectivity index (χ2n) is 8.28. The number of nitriles is 2. The predicted octanol–water partition coefficient (Wildman–Crippen LogP) is 7.13. The lowest BCUT2D eigenvalue weighted by atomic mass is 9.93. The van der Waals surface area contributed by atoms with E-state index in [2.05, 4.69) is 0 Å². The molecule has 0 saturated heterocycles. The topological polar surface area (TPSA) is 61.7 Å². The van der Waals surface area contributed by atoms with E-state index in [0.29, 0.717) is 5.52 Å². The monoisotopic (exact) mass is 521 g/mol. The van der Waals surface area contributed by atoms with E-state index in [1.54, 1.807) is 18.2 Å². The minimum atomic E-state index is -5.72. The number of allylic oxidation sites excluding steroid dienone is 3. The van der Waals surface area contributed by atoms with Crippen molar-refractivity contribution in [3.05, 3.63) is 56.4 Å². The molecule has 0 bridgehead atoms. The molecule has 0 atom stereocenters. The third-order valence-corrected chi connectivity index (χ3v) is 7.35. The number of alkyl halides is 6. The Hall–Kier alpha value is -3.70. The summed E-state index contributed by atoms with van der Waals surface area (Å²) in [4.78, 5) is 0.158. The van der Waals surface area contributed by atoms with Crippen molar-refractivity contribution in [1.29, 1.82) is 10.5 Å². The Balaban J connectivity index is 2.17. The van der Waals surface area contributed by atoms with E-state index in [4.69, 9.17) is 15.3 Å². The molecule has 11 heteroatoms. The number of aryl methyl sites for hydroxylation is 2. The Morgan fingerprint density at radius 1 is 1.00 bits per heavy atom. The van der Waals surface area contributed by atoms with E-state index in [1.807, 2.05) is 0 Å². The lowest BCUT2D eigenvalue weighted by molar-refractivity contribution is -0.254. The maximum absolute atomic E-state index is 15.4. The first-order valence-electron chi connectivity index (χ1n) is 10.4. The fourth-order valence-corrected chi connectivity index (χ4v) is 5.44. The van der Waals surface area contributed by atoms with E-state index in [-0.39, 0.29) is 32.2 Å². The minimum absolute atomic E-state index is 0.0487. The molecule has 2 aromatic heterocycles. The van der Waals surface area contributed by atoms with Gasteiger partial charge in [0.05, 0.1) is 7.11 Å². The van der Waals surface area contributed by atoms with Crippen molar-refractivity contribution in [2.24, 2.45) is 7.05 Å². The first kappa shape index (κ1) is 25.4. The number of aromatic nitrogens is 1. The highest BCUT2D eigenvalue weighted by Crippen LogP contribution is 2.66. The third-order valence-electron chi connectivity index (χ3n) is 6.35. The molecule has 0 spiro atoms.